The average molecular weight is 288 g/mol. The summed E-state index contributed by atoms with van der Waals surface area (Å²) in [6.45, 7) is 10.5. The van der Waals surface area contributed by atoms with Crippen LogP contribution < -0.4 is 10.2 Å². The first-order valence-electron chi connectivity index (χ1n) is 7.97. The lowest BCUT2D eigenvalue weighted by atomic mass is 9.75. The van der Waals surface area contributed by atoms with Gasteiger partial charge in [-0.15, -0.1) is 0 Å². The highest BCUT2D eigenvalue weighted by Gasteiger charge is 2.52. The maximum absolute atomic E-state index is 6.16. The Kier molecular flexibility index (Phi) is 3.57. The normalized spacial score (nSPS) is 23.4. The number of hydrogen-bond donors (Lipinski definition) is 0. The van der Waals surface area contributed by atoms with E-state index in [0.29, 0.717) is 6.10 Å². The van der Waals surface area contributed by atoms with Gasteiger partial charge in [0, 0.05) is 0 Å². The number of hydrogen-bond acceptors (Lipinski definition) is 3. The van der Waals surface area contributed by atoms with Crippen LogP contribution in [-0.4, -0.2) is 24.4 Å². The predicted molar refractivity (Wildman–Crippen MR) is 85.2 cm³/mol. The van der Waals surface area contributed by atoms with E-state index < -0.39 is 0 Å². The Labute approximate surface area is 128 Å². The Morgan fingerprint density at radius 3 is 2.29 bits per heavy atom. The van der Waals surface area contributed by atoms with Crippen LogP contribution in [0, 0.1) is 0 Å². The van der Waals surface area contributed by atoms with E-state index in [1.807, 2.05) is 6.07 Å². The summed E-state index contributed by atoms with van der Waals surface area (Å²) in [5.41, 5.74) is 1.77. The lowest BCUT2D eigenvalue weighted by Crippen LogP contribution is -2.41. The third-order valence-corrected chi connectivity index (χ3v) is 4.83. The number of benzene rings is 1. The van der Waals surface area contributed by atoms with Crippen molar-refractivity contribution in [1.29, 1.82) is 0 Å². The van der Waals surface area contributed by atoms with Crippen LogP contribution in [-0.2, 0) is 15.7 Å². The van der Waals surface area contributed by atoms with Crippen molar-refractivity contribution < 1.29 is 14.0 Å². The maximum atomic E-state index is 6.16. The fourth-order valence-electron chi connectivity index (χ4n) is 2.54. The summed E-state index contributed by atoms with van der Waals surface area (Å²) in [7, 11) is -0.292. The molecule has 3 rings (SSSR count). The molecule has 21 heavy (non-hydrogen) atoms. The van der Waals surface area contributed by atoms with E-state index in [1.165, 1.54) is 18.4 Å². The van der Waals surface area contributed by atoms with Crippen LogP contribution in [0.5, 0.6) is 5.75 Å². The SMILES string of the molecule is CCc1cc(OC2CC2)ccc1B1OC(C)(C)C(C)(C)O1. The van der Waals surface area contributed by atoms with Gasteiger partial charge in [0.15, 0.2) is 0 Å². The third kappa shape index (κ3) is 2.84. The summed E-state index contributed by atoms with van der Waals surface area (Å²) < 4.78 is 18.2. The van der Waals surface area contributed by atoms with Gasteiger partial charge in [-0.2, -0.15) is 0 Å². The van der Waals surface area contributed by atoms with E-state index in [0.717, 1.165) is 17.6 Å². The predicted octanol–water partition coefficient (Wildman–Crippen LogP) is 3.09. The highest BCUT2D eigenvalue weighted by molar-refractivity contribution is 6.62. The van der Waals surface area contributed by atoms with Gasteiger partial charge in [0.2, 0.25) is 0 Å². The van der Waals surface area contributed by atoms with Crippen molar-refractivity contribution in [2.24, 2.45) is 0 Å². The van der Waals surface area contributed by atoms with Gasteiger partial charge in [-0.05, 0) is 70.1 Å². The van der Waals surface area contributed by atoms with Gasteiger partial charge in [0.05, 0.1) is 17.3 Å². The first-order valence-corrected chi connectivity index (χ1v) is 7.97. The minimum Gasteiger partial charge on any atom is -0.490 e. The van der Waals surface area contributed by atoms with Gasteiger partial charge in [-0.3, -0.25) is 0 Å². The monoisotopic (exact) mass is 288 g/mol. The zero-order valence-electron chi connectivity index (χ0n) is 13.7. The van der Waals surface area contributed by atoms with Crippen LogP contribution in [0.25, 0.3) is 0 Å². The highest BCUT2D eigenvalue weighted by Crippen LogP contribution is 2.37. The number of rotatable bonds is 4. The van der Waals surface area contributed by atoms with Crippen molar-refractivity contribution in [1.82, 2.24) is 0 Å². The smallest absolute Gasteiger partial charge is 0.490 e. The van der Waals surface area contributed by atoms with Crippen molar-refractivity contribution >= 4 is 12.6 Å². The molecule has 0 unspecified atom stereocenters. The zero-order valence-corrected chi connectivity index (χ0v) is 13.7. The molecule has 0 N–H and O–H groups in total. The standard InChI is InChI=1S/C17H25BO3/c1-6-12-11-14(19-13-7-8-13)9-10-15(12)18-20-16(2,3)17(4,5)21-18/h9-11,13H,6-8H2,1-5H3. The van der Waals surface area contributed by atoms with Gasteiger partial charge in [-0.1, -0.05) is 13.0 Å². The lowest BCUT2D eigenvalue weighted by molar-refractivity contribution is 0.00578. The molecule has 2 aliphatic rings. The van der Waals surface area contributed by atoms with Crippen LogP contribution >= 0.6 is 0 Å². The number of aryl methyl sites for hydroxylation is 1. The van der Waals surface area contributed by atoms with Crippen molar-refractivity contribution in [3.8, 4) is 5.75 Å². The number of ether oxygens (including phenoxy) is 1. The molecule has 1 aliphatic carbocycles. The van der Waals surface area contributed by atoms with Gasteiger partial charge in [-0.25, -0.2) is 0 Å². The van der Waals surface area contributed by atoms with Crippen molar-refractivity contribution in [3.63, 3.8) is 0 Å². The molecule has 1 saturated carbocycles. The second kappa shape index (κ2) is 5.03. The summed E-state index contributed by atoms with van der Waals surface area (Å²) in [5.74, 6) is 0.967. The molecule has 1 aromatic carbocycles. The Hall–Kier alpha value is -0.995. The molecule has 1 heterocycles. The van der Waals surface area contributed by atoms with Crippen molar-refractivity contribution in [2.75, 3.05) is 0 Å². The molecule has 0 radical (unpaired) electrons. The molecular formula is C17H25BO3. The molecule has 4 heteroatoms. The summed E-state index contributed by atoms with van der Waals surface area (Å²) in [6, 6.07) is 6.27. The maximum Gasteiger partial charge on any atom is 0.495 e. The molecule has 0 atom stereocenters. The average Bonchev–Trinajstić information content (AvgIpc) is 3.17. The fourth-order valence-corrected chi connectivity index (χ4v) is 2.54. The molecule has 2 fully saturated rings. The zero-order chi connectivity index (χ0) is 15.3. The van der Waals surface area contributed by atoms with Crippen molar-refractivity contribution in [2.45, 2.75) is 71.2 Å². The van der Waals surface area contributed by atoms with E-state index in [-0.39, 0.29) is 18.3 Å². The van der Waals surface area contributed by atoms with Gasteiger partial charge in [0.25, 0.3) is 0 Å². The Morgan fingerprint density at radius 2 is 1.76 bits per heavy atom. The second-order valence-corrected chi connectivity index (χ2v) is 7.12. The largest absolute Gasteiger partial charge is 0.495 e. The molecule has 0 bridgehead atoms. The first-order chi connectivity index (χ1) is 9.82. The second-order valence-electron chi connectivity index (χ2n) is 7.12. The van der Waals surface area contributed by atoms with Crippen LogP contribution in [0.3, 0.4) is 0 Å². The molecule has 114 valence electrons. The van der Waals surface area contributed by atoms with Crippen molar-refractivity contribution in [3.05, 3.63) is 23.8 Å². The molecule has 1 saturated heterocycles. The fraction of sp³-hybridized carbons (Fsp3) is 0.647. The van der Waals surface area contributed by atoms with Crippen LogP contribution in [0.2, 0.25) is 0 Å². The summed E-state index contributed by atoms with van der Waals surface area (Å²) in [5, 5.41) is 0. The van der Waals surface area contributed by atoms with Gasteiger partial charge < -0.3 is 14.0 Å². The molecule has 3 nitrogen and oxygen atoms in total. The first kappa shape index (κ1) is 14.9. The van der Waals surface area contributed by atoms with Gasteiger partial charge in [0.1, 0.15) is 5.75 Å². The Balaban J connectivity index is 1.85. The van der Waals surface area contributed by atoms with E-state index in [4.69, 9.17) is 14.0 Å². The van der Waals surface area contributed by atoms with E-state index in [9.17, 15) is 0 Å². The molecule has 0 spiro atoms. The summed E-state index contributed by atoms with van der Waals surface area (Å²) >= 11 is 0. The van der Waals surface area contributed by atoms with Crippen LogP contribution in [0.15, 0.2) is 18.2 Å². The Morgan fingerprint density at radius 1 is 1.14 bits per heavy atom. The summed E-state index contributed by atoms with van der Waals surface area (Å²) in [6.07, 6.45) is 3.74. The molecular weight excluding hydrogens is 263 g/mol. The molecule has 1 aliphatic heterocycles. The van der Waals surface area contributed by atoms with Crippen LogP contribution in [0.4, 0.5) is 0 Å². The quantitative estimate of drug-likeness (QED) is 0.797. The van der Waals surface area contributed by atoms with E-state index in [1.54, 1.807) is 0 Å². The minimum absolute atomic E-state index is 0.292. The van der Waals surface area contributed by atoms with E-state index >= 15 is 0 Å². The topological polar surface area (TPSA) is 27.7 Å². The van der Waals surface area contributed by atoms with Crippen LogP contribution in [0.1, 0.15) is 53.0 Å². The highest BCUT2D eigenvalue weighted by atomic mass is 16.7. The van der Waals surface area contributed by atoms with Gasteiger partial charge >= 0.3 is 7.12 Å². The third-order valence-electron chi connectivity index (χ3n) is 4.83. The summed E-state index contributed by atoms with van der Waals surface area (Å²) in [4.78, 5) is 0. The van der Waals surface area contributed by atoms with E-state index in [2.05, 4.69) is 46.8 Å². The lowest BCUT2D eigenvalue weighted by Gasteiger charge is -2.32. The molecule has 0 aromatic heterocycles. The Bertz CT molecular complexity index is 519. The molecule has 0 amide bonds. The minimum atomic E-state index is -0.300. The molecule has 1 aromatic rings.